The van der Waals surface area contributed by atoms with Gasteiger partial charge in [0.1, 0.15) is 24.2 Å². The number of aromatic amines is 1. The Morgan fingerprint density at radius 1 is 0.667 bits per heavy atom. The summed E-state index contributed by atoms with van der Waals surface area (Å²) < 4.78 is 0. The summed E-state index contributed by atoms with van der Waals surface area (Å²) in [7, 11) is 0. The Morgan fingerprint density at radius 3 is 1.77 bits per heavy atom. The van der Waals surface area contributed by atoms with Gasteiger partial charge in [0, 0.05) is 30.2 Å². The van der Waals surface area contributed by atoms with Gasteiger partial charge in [0.15, 0.2) is 11.9 Å². The molecule has 0 fully saturated rings. The van der Waals surface area contributed by atoms with Crippen LogP contribution in [0.25, 0.3) is 10.9 Å². The molecule has 22 nitrogen and oxygen atoms in total. The Kier molecular flexibility index (Phi) is 20.8. The summed E-state index contributed by atoms with van der Waals surface area (Å²) in [6, 6.07) is 2.09. The molecule has 0 saturated heterocycles. The second kappa shape index (κ2) is 25.1. The monoisotopic (exact) mass is 842 g/mol. The molecule has 2 rings (SSSR count). The minimum atomic E-state index is -1.22. The highest BCUT2D eigenvalue weighted by molar-refractivity contribution is 5.96. The van der Waals surface area contributed by atoms with Gasteiger partial charge in [0.05, 0.1) is 19.1 Å². The number of para-hydroxylation sites is 1. The summed E-state index contributed by atoms with van der Waals surface area (Å²) >= 11 is 0. The first kappa shape index (κ1) is 49.7. The van der Waals surface area contributed by atoms with Crippen LogP contribution in [0.2, 0.25) is 0 Å². The summed E-state index contributed by atoms with van der Waals surface area (Å²) in [6.07, 6.45) is 2.86. The first-order chi connectivity index (χ1) is 28.3. The molecule has 22 heteroatoms. The Balaban J connectivity index is 2.17. The number of nitrogens with one attached hydrogen (secondary N) is 7. The fourth-order valence-electron chi connectivity index (χ4n) is 6.04. The fraction of sp³-hybridized carbons (Fsp3) is 0.553. The Bertz CT molecular complexity index is 1840. The molecule has 0 saturated carbocycles. The molecule has 1 heterocycles. The van der Waals surface area contributed by atoms with Crippen LogP contribution in [-0.4, -0.2) is 115 Å². The second-order valence-electron chi connectivity index (χ2n) is 15.1. The van der Waals surface area contributed by atoms with Crippen LogP contribution in [0.5, 0.6) is 0 Å². The summed E-state index contributed by atoms with van der Waals surface area (Å²) in [5.74, 6) is -5.73. The van der Waals surface area contributed by atoms with Crippen LogP contribution >= 0.6 is 0 Å². The molecule has 5 atom stereocenters. The largest absolute Gasteiger partial charge is 0.370 e. The van der Waals surface area contributed by atoms with Crippen LogP contribution < -0.4 is 66.3 Å². The quantitative estimate of drug-likeness (QED) is 0.0249. The second-order valence-corrected chi connectivity index (χ2v) is 15.1. The van der Waals surface area contributed by atoms with Gasteiger partial charge in [-0.25, -0.2) is 0 Å². The average molecular weight is 842 g/mol. The van der Waals surface area contributed by atoms with Crippen LogP contribution in [0.3, 0.4) is 0 Å². The number of nitrogens with two attached hydrogens (primary N) is 6. The molecule has 60 heavy (non-hydrogen) atoms. The van der Waals surface area contributed by atoms with Gasteiger partial charge in [-0.1, -0.05) is 45.9 Å². The molecule has 0 radical (unpaired) electrons. The number of amides is 7. The van der Waals surface area contributed by atoms with E-state index < -0.39 is 90.6 Å². The van der Waals surface area contributed by atoms with Gasteiger partial charge in [-0.3, -0.25) is 43.5 Å². The Morgan fingerprint density at radius 2 is 1.22 bits per heavy atom. The van der Waals surface area contributed by atoms with Crippen molar-refractivity contribution < 1.29 is 33.6 Å². The summed E-state index contributed by atoms with van der Waals surface area (Å²) in [4.78, 5) is 102. The van der Waals surface area contributed by atoms with Crippen molar-refractivity contribution in [3.05, 3.63) is 36.0 Å². The zero-order valence-corrected chi connectivity index (χ0v) is 34.7. The maximum atomic E-state index is 13.8. The number of carbonyl (C=O) groups is 7. The Hall–Kier alpha value is -6.45. The number of primary amides is 1. The van der Waals surface area contributed by atoms with Crippen LogP contribution in [0.1, 0.15) is 65.4 Å². The first-order valence-corrected chi connectivity index (χ1v) is 19.7. The molecule has 0 spiro atoms. The van der Waals surface area contributed by atoms with Gasteiger partial charge in [0.25, 0.3) is 0 Å². The number of nitrogens with zero attached hydrogens (tertiary/aromatic N) is 2. The number of aliphatic imine (C=N–C) groups is 2. The molecule has 2 aromatic rings. The van der Waals surface area contributed by atoms with Crippen LogP contribution in [0, 0.1) is 11.8 Å². The molecule has 19 N–H and O–H groups in total. The van der Waals surface area contributed by atoms with Gasteiger partial charge < -0.3 is 71.3 Å². The lowest BCUT2D eigenvalue weighted by Gasteiger charge is -2.28. The molecule has 1 aromatic heterocycles. The predicted molar refractivity (Wildman–Crippen MR) is 227 cm³/mol. The molecule has 332 valence electrons. The standard InChI is InChI=1S/C38H63N15O7/c1-20(2)15-28(52-32(56)24(39)16-22-17-47-25-10-6-5-9-23(22)25)35(59)53-31(21(3)4)36(60)51-27(12-8-14-46-38(43)44)34(58)49-19-30(55)50-26(11-7-13-45-37(41)42)33(57)48-18-29(40)54/h5-6,9-10,17,20-21,24,26-28,31,47H,7-8,11-16,18-19,39H2,1-4H3,(H2,40,54)(H,48,57)(H,49,58)(H,50,55)(H,51,60)(H,52,56)(H,53,59)(H4,41,42,45)(H4,43,44,46)/t24-,26-,27-,28-,31-/m0/s1. The molecule has 1 aromatic carbocycles. The van der Waals surface area contributed by atoms with E-state index in [0.29, 0.717) is 0 Å². The highest BCUT2D eigenvalue weighted by atomic mass is 16.2. The molecule has 0 aliphatic rings. The van der Waals surface area contributed by atoms with E-state index in [0.717, 1.165) is 16.5 Å². The van der Waals surface area contributed by atoms with E-state index in [1.165, 1.54) is 0 Å². The normalized spacial score (nSPS) is 13.5. The molecule has 0 bridgehead atoms. The van der Waals surface area contributed by atoms with Gasteiger partial charge in [-0.05, 0) is 62.0 Å². The van der Waals surface area contributed by atoms with Crippen molar-refractivity contribution >= 4 is 64.2 Å². The van der Waals surface area contributed by atoms with Crippen LogP contribution in [-0.2, 0) is 40.0 Å². The van der Waals surface area contributed by atoms with Crippen molar-refractivity contribution in [2.24, 2.45) is 56.2 Å². The maximum Gasteiger partial charge on any atom is 0.243 e. The number of aromatic nitrogens is 1. The Labute approximate surface area is 349 Å². The van der Waals surface area contributed by atoms with Crippen molar-refractivity contribution in [1.29, 1.82) is 0 Å². The maximum absolute atomic E-state index is 13.8. The van der Waals surface area contributed by atoms with Crippen LogP contribution in [0.4, 0.5) is 0 Å². The van der Waals surface area contributed by atoms with Gasteiger partial charge >= 0.3 is 0 Å². The van der Waals surface area contributed by atoms with Crippen molar-refractivity contribution in [2.75, 3.05) is 26.2 Å². The van der Waals surface area contributed by atoms with Crippen molar-refractivity contribution in [2.45, 2.75) is 96.4 Å². The van der Waals surface area contributed by atoms with Gasteiger partial charge in [0.2, 0.25) is 41.4 Å². The fourth-order valence-corrected chi connectivity index (χ4v) is 6.04. The third-order valence-electron chi connectivity index (χ3n) is 9.07. The van der Waals surface area contributed by atoms with E-state index in [1.54, 1.807) is 20.0 Å². The van der Waals surface area contributed by atoms with E-state index in [9.17, 15) is 33.6 Å². The van der Waals surface area contributed by atoms with E-state index in [2.05, 4.69) is 46.9 Å². The lowest BCUT2D eigenvalue weighted by atomic mass is 9.98. The zero-order chi connectivity index (χ0) is 44.9. The van der Waals surface area contributed by atoms with E-state index in [1.807, 2.05) is 38.1 Å². The number of hydrogen-bond acceptors (Lipinski definition) is 10. The minimum absolute atomic E-state index is 0.0258. The average Bonchev–Trinajstić information content (AvgIpc) is 3.58. The van der Waals surface area contributed by atoms with E-state index in [4.69, 9.17) is 34.4 Å². The zero-order valence-electron chi connectivity index (χ0n) is 34.7. The number of guanidine groups is 2. The highest BCUT2D eigenvalue weighted by Crippen LogP contribution is 2.19. The number of H-pyrrole nitrogens is 1. The van der Waals surface area contributed by atoms with Crippen LogP contribution in [0.15, 0.2) is 40.4 Å². The molecule has 0 unspecified atom stereocenters. The SMILES string of the molecule is CC(C)C[C@H](NC(=O)[C@@H](N)Cc1c[nH]c2ccccc12)C(=O)N[C@H](C(=O)N[C@@H](CCCN=C(N)N)C(=O)NCC(=O)N[C@@H](CCCN=C(N)N)C(=O)NCC(N)=O)C(C)C. The number of benzene rings is 1. The number of fused-ring (bicyclic) bond motifs is 1. The van der Waals surface area contributed by atoms with Gasteiger partial charge in [-0.2, -0.15) is 0 Å². The van der Waals surface area contributed by atoms with E-state index in [-0.39, 0.29) is 69.5 Å². The number of hydrogen-bond donors (Lipinski definition) is 13. The molecule has 0 aliphatic carbocycles. The van der Waals surface area contributed by atoms with Crippen molar-refractivity contribution in [3.63, 3.8) is 0 Å². The third kappa shape index (κ3) is 18.0. The first-order valence-electron chi connectivity index (χ1n) is 19.7. The predicted octanol–water partition coefficient (Wildman–Crippen LogP) is -3.50. The van der Waals surface area contributed by atoms with Crippen molar-refractivity contribution in [3.8, 4) is 0 Å². The van der Waals surface area contributed by atoms with E-state index >= 15 is 0 Å². The molecular formula is C38H63N15O7. The van der Waals surface area contributed by atoms with Gasteiger partial charge in [-0.15, -0.1) is 0 Å². The van der Waals surface area contributed by atoms with Crippen molar-refractivity contribution in [1.82, 2.24) is 36.9 Å². The summed E-state index contributed by atoms with van der Waals surface area (Å²) in [6.45, 7) is 6.36. The number of carbonyl (C=O) groups excluding carboxylic acids is 7. The topological polar surface area (TPSA) is 388 Å². The summed E-state index contributed by atoms with van der Waals surface area (Å²) in [5.41, 5.74) is 34.7. The number of rotatable bonds is 26. The summed E-state index contributed by atoms with van der Waals surface area (Å²) in [5, 5.41) is 16.4. The molecule has 7 amide bonds. The third-order valence-corrected chi connectivity index (χ3v) is 9.07. The molecular weight excluding hydrogens is 779 g/mol. The molecule has 0 aliphatic heterocycles. The lowest BCUT2D eigenvalue weighted by molar-refractivity contribution is -0.135. The smallest absolute Gasteiger partial charge is 0.243 e. The minimum Gasteiger partial charge on any atom is -0.370 e. The highest BCUT2D eigenvalue weighted by Gasteiger charge is 2.33. The lowest BCUT2D eigenvalue weighted by Crippen LogP contribution is -2.59.